The molecule has 0 saturated carbocycles. The molecule has 0 aliphatic heterocycles. The van der Waals surface area contributed by atoms with Crippen LogP contribution in [0.4, 0.5) is 5.95 Å². The van der Waals surface area contributed by atoms with Gasteiger partial charge in [0.05, 0.1) is 17.0 Å². The van der Waals surface area contributed by atoms with Crippen LogP contribution >= 0.6 is 0 Å². The average Bonchev–Trinajstić information content (AvgIpc) is 2.06. The van der Waals surface area contributed by atoms with Crippen LogP contribution in [0.15, 0.2) is 0 Å². The predicted octanol–water partition coefficient (Wildman–Crippen LogP) is 1.51. The molecule has 1 aromatic heterocycles. The molecular weight excluding hydrogens is 218 g/mol. The maximum atomic E-state index is 9.99. The Kier molecular flexibility index (Phi) is 3.34. The van der Waals surface area contributed by atoms with Gasteiger partial charge >= 0.3 is 0 Å². The van der Waals surface area contributed by atoms with Crippen molar-refractivity contribution >= 4 is 5.95 Å². The van der Waals surface area contributed by atoms with Gasteiger partial charge in [-0.15, -0.1) is 0 Å². The van der Waals surface area contributed by atoms with Gasteiger partial charge in [-0.05, 0) is 27.2 Å². The van der Waals surface area contributed by atoms with E-state index in [1.54, 1.807) is 20.8 Å². The highest BCUT2D eigenvalue weighted by Crippen LogP contribution is 2.36. The number of rotatable bonds is 3. The summed E-state index contributed by atoms with van der Waals surface area (Å²) in [4.78, 5) is 7.99. The van der Waals surface area contributed by atoms with E-state index in [1.165, 1.54) is 0 Å². The minimum absolute atomic E-state index is 0.0495. The number of nitrogens with zero attached hydrogens (tertiary/aromatic N) is 2. The van der Waals surface area contributed by atoms with Crippen molar-refractivity contribution in [3.63, 3.8) is 0 Å². The molecule has 0 aromatic carbocycles. The molecule has 0 saturated heterocycles. The maximum absolute atomic E-state index is 9.99. The molecule has 0 aliphatic rings. The van der Waals surface area contributed by atoms with Crippen LogP contribution in [0.5, 0.6) is 5.75 Å². The highest BCUT2D eigenvalue weighted by molar-refractivity contribution is 5.39. The molecular formula is C12H21N3O2. The summed E-state index contributed by atoms with van der Waals surface area (Å²) in [5, 5.41) is 19.9. The van der Waals surface area contributed by atoms with Crippen LogP contribution in [-0.2, 0) is 5.41 Å². The van der Waals surface area contributed by atoms with E-state index in [1.807, 2.05) is 13.8 Å². The molecule has 1 rings (SSSR count). The number of nitrogens with two attached hydrogens (primary N) is 1. The number of aromatic hydroxyl groups is 1. The molecule has 4 N–H and O–H groups in total. The number of hydrogen-bond donors (Lipinski definition) is 3. The maximum Gasteiger partial charge on any atom is 0.220 e. The first-order valence-electron chi connectivity index (χ1n) is 5.59. The van der Waals surface area contributed by atoms with Gasteiger partial charge in [-0.3, -0.25) is 0 Å². The topological polar surface area (TPSA) is 92.3 Å². The van der Waals surface area contributed by atoms with E-state index in [2.05, 4.69) is 9.97 Å². The number of hydrogen-bond acceptors (Lipinski definition) is 5. The van der Waals surface area contributed by atoms with Crippen molar-refractivity contribution in [2.75, 3.05) is 5.73 Å². The molecule has 0 aliphatic carbocycles. The second-order valence-electron chi connectivity index (χ2n) is 5.74. The number of anilines is 1. The first-order chi connectivity index (χ1) is 7.53. The monoisotopic (exact) mass is 239 g/mol. The van der Waals surface area contributed by atoms with Crippen molar-refractivity contribution in [1.29, 1.82) is 0 Å². The fourth-order valence-electron chi connectivity index (χ4n) is 2.23. The zero-order valence-electron chi connectivity index (χ0n) is 11.1. The Bertz CT molecular complexity index is 422. The molecule has 96 valence electrons. The summed E-state index contributed by atoms with van der Waals surface area (Å²) in [5.41, 5.74) is 5.20. The zero-order valence-corrected chi connectivity index (χ0v) is 11.1. The third-order valence-electron chi connectivity index (χ3n) is 2.59. The highest BCUT2D eigenvalue weighted by Gasteiger charge is 2.33. The Labute approximate surface area is 102 Å². The summed E-state index contributed by atoms with van der Waals surface area (Å²) in [6.45, 7) is 8.95. The summed E-state index contributed by atoms with van der Waals surface area (Å²) in [6.07, 6.45) is 0.462. The van der Waals surface area contributed by atoms with Gasteiger partial charge in [-0.2, -0.15) is 0 Å². The van der Waals surface area contributed by atoms with Crippen LogP contribution in [0.25, 0.3) is 0 Å². The minimum Gasteiger partial charge on any atom is -0.504 e. The standard InChI is InChI=1S/C12H21N3O2/c1-7-8(16)9(15-10(13)14-7)11(2,3)6-12(4,5)17/h16-17H,6H2,1-5H3,(H2,13,14,15). The van der Waals surface area contributed by atoms with Crippen LogP contribution in [0, 0.1) is 6.92 Å². The Balaban J connectivity index is 3.23. The molecule has 1 aromatic rings. The largest absolute Gasteiger partial charge is 0.504 e. The molecule has 0 atom stereocenters. The number of aromatic nitrogens is 2. The Morgan fingerprint density at radius 2 is 1.71 bits per heavy atom. The Morgan fingerprint density at radius 3 is 2.18 bits per heavy atom. The van der Waals surface area contributed by atoms with Gasteiger partial charge in [-0.1, -0.05) is 13.8 Å². The fraction of sp³-hybridized carbons (Fsp3) is 0.667. The molecule has 0 spiro atoms. The quantitative estimate of drug-likeness (QED) is 0.743. The number of nitrogen functional groups attached to an aromatic ring is 1. The van der Waals surface area contributed by atoms with Crippen LogP contribution in [0.1, 0.15) is 45.5 Å². The molecule has 0 bridgehead atoms. The molecule has 5 heteroatoms. The van der Waals surface area contributed by atoms with Gasteiger partial charge in [0.15, 0.2) is 5.75 Å². The summed E-state index contributed by atoms with van der Waals surface area (Å²) >= 11 is 0. The predicted molar refractivity (Wildman–Crippen MR) is 66.8 cm³/mol. The number of aliphatic hydroxyl groups is 1. The first-order valence-corrected chi connectivity index (χ1v) is 5.59. The lowest BCUT2D eigenvalue weighted by atomic mass is 9.78. The van der Waals surface area contributed by atoms with Crippen molar-refractivity contribution in [1.82, 2.24) is 9.97 Å². The SMILES string of the molecule is Cc1nc(N)nc(C(C)(C)CC(C)(C)O)c1O. The first kappa shape index (κ1) is 13.7. The molecule has 0 amide bonds. The lowest BCUT2D eigenvalue weighted by molar-refractivity contribution is 0.0489. The summed E-state index contributed by atoms with van der Waals surface area (Å²) in [5.74, 6) is 0.188. The van der Waals surface area contributed by atoms with Gasteiger partial charge in [0.2, 0.25) is 5.95 Å². The van der Waals surface area contributed by atoms with Gasteiger partial charge in [0.25, 0.3) is 0 Å². The van der Waals surface area contributed by atoms with Crippen LogP contribution in [0.3, 0.4) is 0 Å². The second kappa shape index (κ2) is 4.14. The van der Waals surface area contributed by atoms with E-state index in [0.717, 1.165) is 0 Å². The van der Waals surface area contributed by atoms with E-state index < -0.39 is 11.0 Å². The fourth-order valence-corrected chi connectivity index (χ4v) is 2.23. The van der Waals surface area contributed by atoms with E-state index in [4.69, 9.17) is 5.73 Å². The normalized spacial score (nSPS) is 12.8. The molecule has 5 nitrogen and oxygen atoms in total. The van der Waals surface area contributed by atoms with E-state index >= 15 is 0 Å². The Morgan fingerprint density at radius 1 is 1.18 bits per heavy atom. The Hall–Kier alpha value is -1.36. The van der Waals surface area contributed by atoms with Crippen molar-refractivity contribution in [3.8, 4) is 5.75 Å². The van der Waals surface area contributed by atoms with E-state index in [-0.39, 0.29) is 11.7 Å². The molecule has 0 fully saturated rings. The van der Waals surface area contributed by atoms with Crippen molar-refractivity contribution in [3.05, 3.63) is 11.4 Å². The second-order valence-corrected chi connectivity index (χ2v) is 5.74. The third kappa shape index (κ3) is 3.30. The summed E-state index contributed by atoms with van der Waals surface area (Å²) < 4.78 is 0. The third-order valence-corrected chi connectivity index (χ3v) is 2.59. The number of aryl methyl sites for hydroxylation is 1. The molecule has 0 radical (unpaired) electrons. The molecule has 17 heavy (non-hydrogen) atoms. The zero-order chi connectivity index (χ0) is 13.4. The van der Waals surface area contributed by atoms with E-state index in [0.29, 0.717) is 17.8 Å². The average molecular weight is 239 g/mol. The van der Waals surface area contributed by atoms with Crippen molar-refractivity contribution in [2.45, 2.75) is 52.1 Å². The van der Waals surface area contributed by atoms with Gasteiger partial charge in [0, 0.05) is 5.41 Å². The minimum atomic E-state index is -0.844. The lowest BCUT2D eigenvalue weighted by Gasteiger charge is -2.31. The van der Waals surface area contributed by atoms with E-state index in [9.17, 15) is 10.2 Å². The summed E-state index contributed by atoms with van der Waals surface area (Å²) in [6, 6.07) is 0. The van der Waals surface area contributed by atoms with Gasteiger partial charge < -0.3 is 15.9 Å². The highest BCUT2D eigenvalue weighted by atomic mass is 16.3. The van der Waals surface area contributed by atoms with Crippen molar-refractivity contribution in [2.24, 2.45) is 0 Å². The van der Waals surface area contributed by atoms with Crippen LogP contribution in [0.2, 0.25) is 0 Å². The van der Waals surface area contributed by atoms with Gasteiger partial charge in [0.1, 0.15) is 0 Å². The smallest absolute Gasteiger partial charge is 0.220 e. The van der Waals surface area contributed by atoms with Crippen molar-refractivity contribution < 1.29 is 10.2 Å². The van der Waals surface area contributed by atoms with Crippen LogP contribution < -0.4 is 5.73 Å². The molecule has 0 unspecified atom stereocenters. The molecule has 1 heterocycles. The summed E-state index contributed by atoms with van der Waals surface area (Å²) in [7, 11) is 0. The van der Waals surface area contributed by atoms with Gasteiger partial charge in [-0.25, -0.2) is 9.97 Å². The lowest BCUT2D eigenvalue weighted by Crippen LogP contribution is -2.32. The van der Waals surface area contributed by atoms with Crippen LogP contribution in [-0.4, -0.2) is 25.8 Å².